The number of carboxylic acid groups (broad SMARTS) is 1. The second kappa shape index (κ2) is 8.16. The third-order valence-electron chi connectivity index (χ3n) is 5.34. The molecule has 0 atom stereocenters. The largest absolute Gasteiger partial charge is 0.481 e. The van der Waals surface area contributed by atoms with Gasteiger partial charge in [0.25, 0.3) is 0 Å². The highest BCUT2D eigenvalue weighted by Gasteiger charge is 2.95. The van der Waals surface area contributed by atoms with Crippen molar-refractivity contribution in [1.82, 2.24) is 0 Å². The van der Waals surface area contributed by atoms with E-state index in [4.69, 9.17) is 5.11 Å². The molecule has 1 aliphatic carbocycles. The van der Waals surface area contributed by atoms with Gasteiger partial charge >= 0.3 is 53.6 Å². The van der Waals surface area contributed by atoms with E-state index < -0.39 is 91.1 Å². The smallest absolute Gasteiger partial charge is 0.460 e. The zero-order chi connectivity index (χ0) is 27.6. The molecule has 0 unspecified atom stereocenters. The molecule has 1 fully saturated rings. The van der Waals surface area contributed by atoms with Crippen LogP contribution in [0.25, 0.3) is 0 Å². The number of hydrogen-bond donors (Lipinski definition) is 1. The van der Waals surface area contributed by atoms with Crippen molar-refractivity contribution in [3.63, 3.8) is 0 Å². The minimum absolute atomic E-state index is 0.917. The van der Waals surface area contributed by atoms with Crippen LogP contribution in [-0.2, 0) is 4.79 Å². The highest BCUT2D eigenvalue weighted by molar-refractivity contribution is 5.70. The van der Waals surface area contributed by atoms with Crippen LogP contribution in [0.1, 0.15) is 25.7 Å². The van der Waals surface area contributed by atoms with Crippen LogP contribution in [0.2, 0.25) is 0 Å². The summed E-state index contributed by atoms with van der Waals surface area (Å²) in [7, 11) is 0. The highest BCUT2D eigenvalue weighted by Crippen LogP contribution is 2.65. The van der Waals surface area contributed by atoms with Crippen LogP contribution in [0, 0.1) is 11.8 Å². The molecule has 0 aromatic heterocycles. The van der Waals surface area contributed by atoms with Gasteiger partial charge in [0.05, 0.1) is 5.92 Å². The van der Waals surface area contributed by atoms with E-state index in [1.165, 1.54) is 0 Å². The maximum atomic E-state index is 14.1. The first-order valence-corrected chi connectivity index (χ1v) is 8.60. The zero-order valence-corrected chi connectivity index (χ0v) is 15.8. The summed E-state index contributed by atoms with van der Waals surface area (Å²) in [5.41, 5.74) is 0. The van der Waals surface area contributed by atoms with E-state index in [0.717, 1.165) is 0 Å². The molecule has 0 saturated heterocycles. The van der Waals surface area contributed by atoms with E-state index in [-0.39, 0.29) is 0 Å². The van der Waals surface area contributed by atoms with Crippen molar-refractivity contribution in [3.05, 3.63) is 0 Å². The van der Waals surface area contributed by atoms with Crippen molar-refractivity contribution in [3.8, 4) is 0 Å². The number of rotatable bonds is 8. The average Bonchev–Trinajstić information content (AvgIpc) is 2.66. The number of halogens is 17. The van der Waals surface area contributed by atoms with Gasteiger partial charge in [-0.25, -0.2) is 0 Å². The maximum absolute atomic E-state index is 14.1. The SMILES string of the molecule is O=C(O)C1CCC(C(F)(F)C(F)(F)C(F)(F)C(F)(F)C(F)(F)C(F)(F)C(F)(F)C(F)(F)F)CC1. The summed E-state index contributed by atoms with van der Waals surface area (Å²) in [4.78, 5) is 10.7. The molecule has 34 heavy (non-hydrogen) atoms. The summed E-state index contributed by atoms with van der Waals surface area (Å²) in [5.74, 6) is -62.7. The van der Waals surface area contributed by atoms with Crippen LogP contribution in [0.4, 0.5) is 74.6 Å². The van der Waals surface area contributed by atoms with Crippen LogP contribution in [0.5, 0.6) is 0 Å². The Balaban J connectivity index is 3.50. The molecular weight excluding hydrogens is 535 g/mol. The minimum atomic E-state index is -8.65. The Morgan fingerprint density at radius 2 is 0.794 bits per heavy atom. The number of hydrogen-bond acceptors (Lipinski definition) is 1. The van der Waals surface area contributed by atoms with Crippen LogP contribution in [0.3, 0.4) is 0 Å². The van der Waals surface area contributed by atoms with Crippen molar-refractivity contribution in [1.29, 1.82) is 0 Å². The predicted octanol–water partition coefficient (Wildman–Crippen LogP) is 6.89. The van der Waals surface area contributed by atoms with Crippen molar-refractivity contribution >= 4 is 5.97 Å². The lowest BCUT2D eigenvalue weighted by molar-refractivity contribution is -0.463. The van der Waals surface area contributed by atoms with E-state index >= 15 is 0 Å². The van der Waals surface area contributed by atoms with Crippen molar-refractivity contribution < 1.29 is 84.5 Å². The van der Waals surface area contributed by atoms with Crippen LogP contribution in [-0.4, -0.2) is 58.7 Å². The molecule has 202 valence electrons. The molecule has 0 bridgehead atoms. The molecule has 1 aliphatic rings. The Kier molecular flexibility index (Phi) is 7.28. The van der Waals surface area contributed by atoms with Crippen LogP contribution >= 0.6 is 0 Å². The van der Waals surface area contributed by atoms with Gasteiger partial charge in [0.15, 0.2) is 0 Å². The number of alkyl halides is 17. The molecule has 1 rings (SSSR count). The molecule has 1 N–H and O–H groups in total. The lowest BCUT2D eigenvalue weighted by atomic mass is 9.75. The Morgan fingerprint density at radius 3 is 1.09 bits per heavy atom. The molecule has 0 heterocycles. The number of carbonyl (C=O) groups is 1. The molecule has 0 aromatic rings. The molecule has 0 aliphatic heterocycles. The fourth-order valence-electron chi connectivity index (χ4n) is 3.14. The van der Waals surface area contributed by atoms with E-state index in [0.29, 0.717) is 0 Å². The third-order valence-corrected chi connectivity index (χ3v) is 5.34. The molecule has 1 saturated carbocycles. The predicted molar refractivity (Wildman–Crippen MR) is 73.8 cm³/mol. The van der Waals surface area contributed by atoms with Gasteiger partial charge in [0, 0.05) is 5.92 Å². The summed E-state index contributed by atoms with van der Waals surface area (Å²) in [5, 5.41) is 8.66. The Hall–Kier alpha value is -1.72. The van der Waals surface area contributed by atoms with E-state index in [1.807, 2.05) is 0 Å². The van der Waals surface area contributed by atoms with E-state index in [9.17, 15) is 79.4 Å². The first kappa shape index (κ1) is 30.3. The second-order valence-corrected chi connectivity index (χ2v) is 7.45. The van der Waals surface area contributed by atoms with Gasteiger partial charge in [0.1, 0.15) is 0 Å². The normalized spacial score (nSPS) is 22.6. The minimum Gasteiger partial charge on any atom is -0.481 e. The maximum Gasteiger partial charge on any atom is 0.460 e. The summed E-state index contributed by atoms with van der Waals surface area (Å²) < 4.78 is 225. The van der Waals surface area contributed by atoms with Crippen molar-refractivity contribution in [2.45, 2.75) is 73.3 Å². The lowest BCUT2D eigenvalue weighted by Crippen LogP contribution is -2.75. The Morgan fingerprint density at radius 1 is 0.500 bits per heavy atom. The van der Waals surface area contributed by atoms with Gasteiger partial charge < -0.3 is 5.11 Å². The summed E-state index contributed by atoms with van der Waals surface area (Å²) in [6.45, 7) is 0. The quantitative estimate of drug-likeness (QED) is 0.337. The zero-order valence-electron chi connectivity index (χ0n) is 15.8. The molecule has 2 nitrogen and oxygen atoms in total. The van der Waals surface area contributed by atoms with Crippen LogP contribution < -0.4 is 0 Å². The van der Waals surface area contributed by atoms with Crippen molar-refractivity contribution in [2.75, 3.05) is 0 Å². The molecule has 0 amide bonds. The third kappa shape index (κ3) is 3.93. The summed E-state index contributed by atoms with van der Waals surface area (Å²) in [6.07, 6.45) is -12.4. The summed E-state index contributed by atoms with van der Waals surface area (Å²) in [6, 6.07) is 0. The number of carboxylic acids is 1. The molecule has 0 aromatic carbocycles. The first-order chi connectivity index (χ1) is 14.7. The van der Waals surface area contributed by atoms with E-state index in [2.05, 4.69) is 0 Å². The first-order valence-electron chi connectivity index (χ1n) is 8.60. The topological polar surface area (TPSA) is 37.3 Å². The van der Waals surface area contributed by atoms with E-state index in [1.54, 1.807) is 0 Å². The second-order valence-electron chi connectivity index (χ2n) is 7.45. The monoisotopic (exact) mass is 546 g/mol. The lowest BCUT2D eigenvalue weighted by Gasteiger charge is -2.44. The van der Waals surface area contributed by atoms with Gasteiger partial charge in [-0.1, -0.05) is 0 Å². The highest BCUT2D eigenvalue weighted by atomic mass is 19.4. The summed E-state index contributed by atoms with van der Waals surface area (Å²) >= 11 is 0. The fraction of sp³-hybridized carbons (Fsp3) is 0.933. The standard InChI is InChI=1S/C15H11F17O2/c16-8(17,6-3-1-5(2-4-6)7(33)34)9(18,19)10(20,21)11(22,23)12(24,25)13(26,27)14(28,29)15(30,31)32/h5-6H,1-4H2,(H,33,34). The Bertz CT molecular complexity index is 761. The molecule has 0 radical (unpaired) electrons. The molecule has 0 spiro atoms. The van der Waals surface area contributed by atoms with Crippen LogP contribution in [0.15, 0.2) is 0 Å². The van der Waals surface area contributed by atoms with Crippen molar-refractivity contribution in [2.24, 2.45) is 11.8 Å². The number of aliphatic carboxylic acids is 1. The van der Waals surface area contributed by atoms with Gasteiger partial charge in [-0.3, -0.25) is 4.79 Å². The van der Waals surface area contributed by atoms with Gasteiger partial charge in [0.2, 0.25) is 0 Å². The fourth-order valence-corrected chi connectivity index (χ4v) is 3.14. The Labute approximate surface area is 177 Å². The average molecular weight is 546 g/mol. The molecule has 19 heteroatoms. The van der Waals surface area contributed by atoms with Gasteiger partial charge in [-0.15, -0.1) is 0 Å². The molecular formula is C15H11F17O2. The van der Waals surface area contributed by atoms with Gasteiger partial charge in [-0.2, -0.15) is 74.6 Å². The van der Waals surface area contributed by atoms with Gasteiger partial charge in [-0.05, 0) is 25.7 Å².